The van der Waals surface area contributed by atoms with Crippen LogP contribution in [0.25, 0.3) is 0 Å². The van der Waals surface area contributed by atoms with Gasteiger partial charge in [-0.1, -0.05) is 37.3 Å². The van der Waals surface area contributed by atoms with Crippen LogP contribution in [-0.4, -0.2) is 30.5 Å². The number of piperidine rings is 1. The molecule has 1 aromatic carbocycles. The van der Waals surface area contributed by atoms with E-state index in [0.29, 0.717) is 38.3 Å². The van der Waals surface area contributed by atoms with E-state index in [0.717, 1.165) is 18.7 Å². The summed E-state index contributed by atoms with van der Waals surface area (Å²) in [5, 5.41) is 3.08. The van der Waals surface area contributed by atoms with Crippen LogP contribution >= 0.6 is 0 Å². The number of anilines is 1. The maximum atomic E-state index is 12.7. The van der Waals surface area contributed by atoms with Gasteiger partial charge in [0.2, 0.25) is 5.91 Å². The molecule has 2 heterocycles. The van der Waals surface area contributed by atoms with Crippen molar-refractivity contribution in [3.63, 3.8) is 0 Å². The molecule has 1 amide bonds. The standard InChI is InChI=1S/C22H26F3N3O/c1-2-16(17-6-4-3-5-7-17)14-27-21(29)18-10-12-28(13-11-18)20-9-8-19(15-26-20)22(23,24)25/h3-9,15-16,18H,2,10-14H2,1H3,(H,27,29)/t16-/m0/s1. The van der Waals surface area contributed by atoms with Gasteiger partial charge in [0, 0.05) is 37.7 Å². The van der Waals surface area contributed by atoms with Crippen molar-refractivity contribution in [2.24, 2.45) is 5.92 Å². The topological polar surface area (TPSA) is 45.2 Å². The van der Waals surface area contributed by atoms with Crippen LogP contribution in [0.4, 0.5) is 19.0 Å². The van der Waals surface area contributed by atoms with Gasteiger partial charge in [-0.25, -0.2) is 4.98 Å². The smallest absolute Gasteiger partial charge is 0.357 e. The van der Waals surface area contributed by atoms with Crippen molar-refractivity contribution in [2.75, 3.05) is 24.5 Å². The summed E-state index contributed by atoms with van der Waals surface area (Å²) in [6, 6.07) is 12.6. The summed E-state index contributed by atoms with van der Waals surface area (Å²) in [6.45, 7) is 3.93. The predicted octanol–water partition coefficient (Wildman–Crippen LogP) is 4.63. The lowest BCUT2D eigenvalue weighted by molar-refractivity contribution is -0.137. The maximum Gasteiger partial charge on any atom is 0.417 e. The molecular weight excluding hydrogens is 379 g/mol. The second-order valence-electron chi connectivity index (χ2n) is 7.43. The zero-order valence-corrected chi connectivity index (χ0v) is 16.5. The molecule has 1 atom stereocenters. The summed E-state index contributed by atoms with van der Waals surface area (Å²) in [5.41, 5.74) is 0.470. The highest BCUT2D eigenvalue weighted by Gasteiger charge is 2.31. The molecule has 0 spiro atoms. The number of carbonyl (C=O) groups excluding carboxylic acids is 1. The first-order chi connectivity index (χ1) is 13.9. The average molecular weight is 405 g/mol. The third-order valence-electron chi connectivity index (χ3n) is 5.55. The zero-order chi connectivity index (χ0) is 20.9. The lowest BCUT2D eigenvalue weighted by atomic mass is 9.94. The quantitative estimate of drug-likeness (QED) is 0.762. The van der Waals surface area contributed by atoms with Gasteiger partial charge in [-0.15, -0.1) is 0 Å². The summed E-state index contributed by atoms with van der Waals surface area (Å²) in [7, 11) is 0. The van der Waals surface area contributed by atoms with E-state index in [1.54, 1.807) is 0 Å². The molecule has 1 aliphatic rings. The molecule has 7 heteroatoms. The third kappa shape index (κ3) is 5.49. The molecular formula is C22H26F3N3O. The van der Waals surface area contributed by atoms with E-state index in [1.807, 2.05) is 23.1 Å². The Kier molecular flexibility index (Phi) is 6.77. The van der Waals surface area contributed by atoms with Gasteiger partial charge >= 0.3 is 6.18 Å². The molecule has 1 saturated heterocycles. The van der Waals surface area contributed by atoms with Gasteiger partial charge in [-0.3, -0.25) is 4.79 Å². The van der Waals surface area contributed by atoms with Crippen molar-refractivity contribution in [1.29, 1.82) is 0 Å². The zero-order valence-electron chi connectivity index (χ0n) is 16.5. The van der Waals surface area contributed by atoms with E-state index in [1.165, 1.54) is 11.6 Å². The molecule has 0 aliphatic carbocycles. The predicted molar refractivity (Wildman–Crippen MR) is 107 cm³/mol. The Morgan fingerprint density at radius 2 is 1.86 bits per heavy atom. The molecule has 1 aliphatic heterocycles. The van der Waals surface area contributed by atoms with Crippen molar-refractivity contribution in [2.45, 2.75) is 38.3 Å². The molecule has 3 rings (SSSR count). The number of halogens is 3. The van der Waals surface area contributed by atoms with Gasteiger partial charge in [0.25, 0.3) is 0 Å². The molecule has 156 valence electrons. The van der Waals surface area contributed by atoms with Crippen LogP contribution in [0.2, 0.25) is 0 Å². The number of hydrogen-bond acceptors (Lipinski definition) is 3. The van der Waals surface area contributed by atoms with Crippen molar-refractivity contribution in [1.82, 2.24) is 10.3 Å². The summed E-state index contributed by atoms with van der Waals surface area (Å²) in [4.78, 5) is 18.5. The van der Waals surface area contributed by atoms with E-state index in [9.17, 15) is 18.0 Å². The van der Waals surface area contributed by atoms with E-state index < -0.39 is 11.7 Å². The average Bonchev–Trinajstić information content (AvgIpc) is 2.74. The first-order valence-electron chi connectivity index (χ1n) is 9.99. The van der Waals surface area contributed by atoms with Crippen LogP contribution in [0.1, 0.15) is 43.2 Å². The Balaban J connectivity index is 1.49. The number of nitrogens with zero attached hydrogens (tertiary/aromatic N) is 2. The van der Waals surface area contributed by atoms with Gasteiger partial charge in [0.15, 0.2) is 0 Å². The third-order valence-corrected chi connectivity index (χ3v) is 5.55. The molecule has 29 heavy (non-hydrogen) atoms. The number of benzene rings is 1. The van der Waals surface area contributed by atoms with Crippen LogP contribution in [0.15, 0.2) is 48.7 Å². The molecule has 1 fully saturated rings. The van der Waals surface area contributed by atoms with Gasteiger partial charge in [0.05, 0.1) is 5.56 Å². The molecule has 2 aromatic rings. The summed E-state index contributed by atoms with van der Waals surface area (Å²) in [6.07, 6.45) is -1.25. The Morgan fingerprint density at radius 3 is 2.41 bits per heavy atom. The highest BCUT2D eigenvalue weighted by atomic mass is 19.4. The van der Waals surface area contributed by atoms with E-state index in [2.05, 4.69) is 29.4 Å². The summed E-state index contributed by atoms with van der Waals surface area (Å²) in [5.74, 6) is 0.789. The van der Waals surface area contributed by atoms with Gasteiger partial charge in [0.1, 0.15) is 5.82 Å². The molecule has 1 N–H and O–H groups in total. The second kappa shape index (κ2) is 9.29. The number of hydrogen-bond donors (Lipinski definition) is 1. The van der Waals surface area contributed by atoms with Crippen LogP contribution in [0.5, 0.6) is 0 Å². The minimum atomic E-state index is -4.38. The fraction of sp³-hybridized carbons (Fsp3) is 0.455. The Morgan fingerprint density at radius 1 is 1.17 bits per heavy atom. The van der Waals surface area contributed by atoms with Crippen LogP contribution in [0, 0.1) is 5.92 Å². The molecule has 0 bridgehead atoms. The minimum absolute atomic E-state index is 0.0550. The van der Waals surface area contributed by atoms with Crippen molar-refractivity contribution in [3.8, 4) is 0 Å². The minimum Gasteiger partial charge on any atom is -0.357 e. The Hall–Kier alpha value is -2.57. The van der Waals surface area contributed by atoms with E-state index in [4.69, 9.17) is 0 Å². The van der Waals surface area contributed by atoms with Crippen LogP contribution < -0.4 is 10.2 Å². The molecule has 4 nitrogen and oxygen atoms in total. The number of pyridine rings is 1. The fourth-order valence-electron chi connectivity index (χ4n) is 3.70. The number of nitrogens with one attached hydrogen (secondary N) is 1. The largest absolute Gasteiger partial charge is 0.417 e. The summed E-state index contributed by atoms with van der Waals surface area (Å²) >= 11 is 0. The van der Waals surface area contributed by atoms with E-state index in [-0.39, 0.29) is 17.7 Å². The van der Waals surface area contributed by atoms with Crippen molar-refractivity contribution >= 4 is 11.7 Å². The van der Waals surface area contributed by atoms with E-state index >= 15 is 0 Å². The Labute approximate surface area is 169 Å². The second-order valence-corrected chi connectivity index (χ2v) is 7.43. The maximum absolute atomic E-state index is 12.7. The molecule has 1 aromatic heterocycles. The number of carbonyl (C=O) groups is 1. The number of amides is 1. The number of alkyl halides is 3. The number of rotatable bonds is 6. The van der Waals surface area contributed by atoms with Crippen LogP contribution in [0.3, 0.4) is 0 Å². The first kappa shape index (κ1) is 21.1. The fourth-order valence-corrected chi connectivity index (χ4v) is 3.70. The summed E-state index contributed by atoms with van der Waals surface area (Å²) < 4.78 is 38.0. The van der Waals surface area contributed by atoms with Crippen LogP contribution in [-0.2, 0) is 11.0 Å². The highest BCUT2D eigenvalue weighted by Crippen LogP contribution is 2.30. The number of aromatic nitrogens is 1. The Bertz CT molecular complexity index is 785. The molecule has 0 radical (unpaired) electrons. The van der Waals surface area contributed by atoms with Gasteiger partial charge < -0.3 is 10.2 Å². The lowest BCUT2D eigenvalue weighted by Crippen LogP contribution is -2.41. The lowest BCUT2D eigenvalue weighted by Gasteiger charge is -2.32. The molecule has 0 unspecified atom stereocenters. The first-order valence-corrected chi connectivity index (χ1v) is 9.99. The molecule has 0 saturated carbocycles. The highest BCUT2D eigenvalue weighted by molar-refractivity contribution is 5.79. The SMILES string of the molecule is CC[C@@H](CNC(=O)C1CCN(c2ccc(C(F)(F)F)cn2)CC1)c1ccccc1. The monoisotopic (exact) mass is 405 g/mol. The van der Waals surface area contributed by atoms with Crippen molar-refractivity contribution in [3.05, 3.63) is 59.8 Å². The van der Waals surface area contributed by atoms with Gasteiger partial charge in [-0.2, -0.15) is 13.2 Å². The van der Waals surface area contributed by atoms with Crippen molar-refractivity contribution < 1.29 is 18.0 Å². The normalized spacial score (nSPS) is 16.5. The van der Waals surface area contributed by atoms with Gasteiger partial charge in [-0.05, 0) is 37.0 Å².